The van der Waals surface area contributed by atoms with Crippen LogP contribution in [0.1, 0.15) is 31.7 Å². The van der Waals surface area contributed by atoms with Crippen LogP contribution in [0.5, 0.6) is 5.75 Å². The van der Waals surface area contributed by atoms with Crippen molar-refractivity contribution >= 4 is 22.3 Å². The van der Waals surface area contributed by atoms with Gasteiger partial charge in [-0.15, -0.1) is 0 Å². The molecule has 1 aromatic heterocycles. The number of methoxy groups -OCH3 is 1. The number of anilines is 2. The van der Waals surface area contributed by atoms with Gasteiger partial charge in [0.25, 0.3) is 5.56 Å². The maximum absolute atomic E-state index is 15.5. The molecular formula is C20H25FN4O5. The summed E-state index contributed by atoms with van der Waals surface area (Å²) in [6.07, 6.45) is 1.08. The number of hydrogen-bond acceptors (Lipinski definition) is 7. The number of aliphatic hydroxyl groups excluding tert-OH is 2. The summed E-state index contributed by atoms with van der Waals surface area (Å²) in [5.41, 5.74) is 4.72. The van der Waals surface area contributed by atoms with Gasteiger partial charge in [-0.3, -0.25) is 14.3 Å². The Morgan fingerprint density at radius 2 is 1.90 bits per heavy atom. The number of fused-ring (bicyclic) bond motifs is 2. The molecule has 9 nitrogen and oxygen atoms in total. The van der Waals surface area contributed by atoms with Crippen molar-refractivity contribution in [3.05, 3.63) is 26.7 Å². The van der Waals surface area contributed by atoms with E-state index >= 15 is 4.39 Å². The smallest absolute Gasteiger partial charge is 0.329 e. The predicted molar refractivity (Wildman–Crippen MR) is 108 cm³/mol. The summed E-state index contributed by atoms with van der Waals surface area (Å²) in [6, 6.07) is -0.0958. The number of nitrogens with two attached hydrogens (primary N) is 1. The fraction of sp³-hybridized carbons (Fsp3) is 0.600. The van der Waals surface area contributed by atoms with E-state index in [0.29, 0.717) is 19.5 Å². The first kappa shape index (κ1) is 19.4. The molecule has 1 aromatic carbocycles. The summed E-state index contributed by atoms with van der Waals surface area (Å²) in [5.74, 6) is -0.797. The van der Waals surface area contributed by atoms with Gasteiger partial charge in [0, 0.05) is 25.0 Å². The molecule has 2 saturated carbocycles. The van der Waals surface area contributed by atoms with Crippen molar-refractivity contribution in [3.63, 3.8) is 0 Å². The second kappa shape index (κ2) is 6.71. The average Bonchev–Trinajstić information content (AvgIpc) is 3.44. The zero-order chi connectivity index (χ0) is 21.3. The second-order valence-corrected chi connectivity index (χ2v) is 8.66. The van der Waals surface area contributed by atoms with E-state index < -0.39 is 29.3 Å². The van der Waals surface area contributed by atoms with Crippen LogP contribution in [-0.2, 0) is 0 Å². The number of rotatable bonds is 3. The molecule has 10 heteroatoms. The van der Waals surface area contributed by atoms with Crippen LogP contribution < -0.4 is 26.6 Å². The maximum atomic E-state index is 15.5. The Kier molecular flexibility index (Phi) is 4.33. The first-order valence-corrected chi connectivity index (χ1v) is 10.3. The van der Waals surface area contributed by atoms with Crippen molar-refractivity contribution in [2.75, 3.05) is 30.8 Å². The molecule has 0 bridgehead atoms. The van der Waals surface area contributed by atoms with E-state index in [1.54, 1.807) is 4.90 Å². The van der Waals surface area contributed by atoms with Gasteiger partial charge in [0.15, 0.2) is 11.6 Å². The largest absolute Gasteiger partial charge is 0.492 e. The van der Waals surface area contributed by atoms with Crippen LogP contribution in [0, 0.1) is 17.7 Å². The molecule has 1 saturated heterocycles. The van der Waals surface area contributed by atoms with Crippen molar-refractivity contribution in [2.45, 2.75) is 43.9 Å². The maximum Gasteiger partial charge on any atom is 0.329 e. The molecule has 30 heavy (non-hydrogen) atoms. The van der Waals surface area contributed by atoms with Crippen LogP contribution in [0.2, 0.25) is 0 Å². The van der Waals surface area contributed by atoms with Gasteiger partial charge in [0.2, 0.25) is 0 Å². The van der Waals surface area contributed by atoms with Crippen LogP contribution in [0.25, 0.3) is 10.9 Å². The van der Waals surface area contributed by atoms with E-state index in [0.717, 1.165) is 19.3 Å². The Labute approximate surface area is 170 Å². The van der Waals surface area contributed by atoms with E-state index in [-0.39, 0.29) is 45.9 Å². The number of halogens is 1. The lowest BCUT2D eigenvalue weighted by Gasteiger charge is -2.32. The summed E-state index contributed by atoms with van der Waals surface area (Å²) in [6.45, 7) is 0.779. The molecule has 2 heterocycles. The minimum Gasteiger partial charge on any atom is -0.492 e. The molecule has 0 amide bonds. The molecule has 1 aliphatic heterocycles. The third-order valence-electron chi connectivity index (χ3n) is 6.88. The Bertz CT molecular complexity index is 1140. The normalized spacial score (nSPS) is 28.7. The number of nitrogen functional groups attached to an aromatic ring is 1. The van der Waals surface area contributed by atoms with Crippen LogP contribution in [0.3, 0.4) is 0 Å². The standard InChI is InChI=1S/C20H25FN4O5/c1-30-18-15-12(19(28)23-20(29)25(15)9-3-4-9)14(22)13(21)16(18)24-6-8-2-5-11(26)17(27)10(8)7-24/h8-11,17,26-27H,2-7,22H2,1H3,(H,23,28,29). The second-order valence-electron chi connectivity index (χ2n) is 8.66. The Morgan fingerprint density at radius 1 is 1.17 bits per heavy atom. The van der Waals surface area contributed by atoms with Gasteiger partial charge < -0.3 is 25.6 Å². The number of hydrogen-bond donors (Lipinski definition) is 4. The first-order valence-electron chi connectivity index (χ1n) is 10.3. The monoisotopic (exact) mass is 420 g/mol. The molecule has 5 N–H and O–H groups in total. The van der Waals surface area contributed by atoms with Crippen LogP contribution >= 0.6 is 0 Å². The van der Waals surface area contributed by atoms with E-state index in [1.807, 2.05) is 0 Å². The van der Waals surface area contributed by atoms with E-state index in [4.69, 9.17) is 10.5 Å². The summed E-state index contributed by atoms with van der Waals surface area (Å²) in [4.78, 5) is 29.1. The lowest BCUT2D eigenvalue weighted by atomic mass is 9.78. The molecular weight excluding hydrogens is 395 g/mol. The van der Waals surface area contributed by atoms with Crippen molar-refractivity contribution in [2.24, 2.45) is 11.8 Å². The highest BCUT2D eigenvalue weighted by atomic mass is 19.1. The molecule has 2 aromatic rings. The van der Waals surface area contributed by atoms with Crippen molar-refractivity contribution in [3.8, 4) is 5.75 Å². The Hall–Kier alpha value is -2.59. The van der Waals surface area contributed by atoms with Gasteiger partial charge >= 0.3 is 5.69 Å². The lowest BCUT2D eigenvalue weighted by Crippen LogP contribution is -2.42. The number of H-pyrrole nitrogens is 1. The molecule has 0 spiro atoms. The first-order chi connectivity index (χ1) is 14.3. The van der Waals surface area contributed by atoms with Gasteiger partial charge in [-0.1, -0.05) is 0 Å². The average molecular weight is 420 g/mol. The quantitative estimate of drug-likeness (QED) is 0.526. The number of aromatic nitrogens is 2. The number of nitrogens with one attached hydrogen (secondary N) is 1. The summed E-state index contributed by atoms with van der Waals surface area (Å²) in [5, 5.41) is 20.3. The molecule has 2 aliphatic carbocycles. The number of ether oxygens (including phenoxy) is 1. The minimum atomic E-state index is -0.881. The topological polar surface area (TPSA) is 134 Å². The highest BCUT2D eigenvalue weighted by Crippen LogP contribution is 2.47. The SMILES string of the molecule is COc1c(N2CC3CCC(O)C(O)C3C2)c(F)c(N)c2c(=O)[nH]c(=O)n(C3CC3)c12. The number of aromatic amines is 1. The van der Waals surface area contributed by atoms with Gasteiger partial charge in [-0.05, 0) is 31.6 Å². The number of nitrogens with zero attached hydrogens (tertiary/aromatic N) is 2. The zero-order valence-corrected chi connectivity index (χ0v) is 16.6. The van der Waals surface area contributed by atoms with Crippen molar-refractivity contribution < 1.29 is 19.3 Å². The molecule has 4 unspecified atom stereocenters. The van der Waals surface area contributed by atoms with E-state index in [2.05, 4.69) is 4.98 Å². The summed E-state index contributed by atoms with van der Waals surface area (Å²) >= 11 is 0. The zero-order valence-electron chi connectivity index (χ0n) is 16.6. The highest BCUT2D eigenvalue weighted by Gasteiger charge is 2.45. The third-order valence-corrected chi connectivity index (χ3v) is 6.88. The van der Waals surface area contributed by atoms with Crippen LogP contribution in [0.4, 0.5) is 15.8 Å². The Morgan fingerprint density at radius 3 is 2.57 bits per heavy atom. The summed E-state index contributed by atoms with van der Waals surface area (Å²) < 4.78 is 22.5. The van der Waals surface area contributed by atoms with E-state index in [9.17, 15) is 19.8 Å². The molecule has 3 aliphatic rings. The van der Waals surface area contributed by atoms with Gasteiger partial charge in [0.05, 0.1) is 30.4 Å². The molecule has 4 atom stereocenters. The summed E-state index contributed by atoms with van der Waals surface area (Å²) in [7, 11) is 1.37. The van der Waals surface area contributed by atoms with Gasteiger partial charge in [-0.2, -0.15) is 0 Å². The van der Waals surface area contributed by atoms with E-state index in [1.165, 1.54) is 11.7 Å². The molecule has 3 fully saturated rings. The third kappa shape index (κ3) is 2.66. The fourth-order valence-corrected chi connectivity index (χ4v) is 5.24. The minimum absolute atomic E-state index is 0.0910. The lowest BCUT2D eigenvalue weighted by molar-refractivity contribution is -0.0532. The van der Waals surface area contributed by atoms with Crippen molar-refractivity contribution in [1.29, 1.82) is 0 Å². The van der Waals surface area contributed by atoms with Crippen molar-refractivity contribution in [1.82, 2.24) is 9.55 Å². The molecule has 5 rings (SSSR count). The fourth-order valence-electron chi connectivity index (χ4n) is 5.24. The predicted octanol–water partition coefficient (Wildman–Crippen LogP) is 0.323. The van der Waals surface area contributed by atoms with Crippen LogP contribution in [0.15, 0.2) is 9.59 Å². The Balaban J connectivity index is 1.74. The highest BCUT2D eigenvalue weighted by molar-refractivity contribution is 5.99. The van der Waals surface area contributed by atoms with Gasteiger partial charge in [-0.25, -0.2) is 9.18 Å². The number of aliphatic hydroxyl groups is 2. The molecule has 162 valence electrons. The number of benzene rings is 1. The van der Waals surface area contributed by atoms with Crippen LogP contribution in [-0.4, -0.2) is 52.2 Å². The molecule has 0 radical (unpaired) electrons. The van der Waals surface area contributed by atoms with Gasteiger partial charge in [0.1, 0.15) is 11.2 Å².